The molecule has 0 N–H and O–H groups in total. The number of Topliss-reactive ketones (excluding diaryl/α,β-unsaturated/α-hetero) is 1. The molecule has 0 aliphatic heterocycles. The summed E-state index contributed by atoms with van der Waals surface area (Å²) >= 11 is 0. The molecule has 2 nitrogen and oxygen atoms in total. The number of pyridine rings is 1. The van der Waals surface area contributed by atoms with E-state index < -0.39 is 0 Å². The summed E-state index contributed by atoms with van der Waals surface area (Å²) in [7, 11) is 0. The maximum absolute atomic E-state index is 11.8. The second-order valence-electron chi connectivity index (χ2n) is 5.17. The van der Waals surface area contributed by atoms with Gasteiger partial charge in [0, 0.05) is 23.9 Å². The van der Waals surface area contributed by atoms with Crippen LogP contribution in [0.15, 0.2) is 18.3 Å². The van der Waals surface area contributed by atoms with Crippen molar-refractivity contribution in [1.29, 1.82) is 0 Å². The normalized spacial score (nSPS) is 11.5. The van der Waals surface area contributed by atoms with Crippen molar-refractivity contribution >= 4 is 5.78 Å². The average Bonchev–Trinajstić information content (AvgIpc) is 2.14. The first-order valence-electron chi connectivity index (χ1n) is 5.34. The second-order valence-corrected chi connectivity index (χ2v) is 5.17. The van der Waals surface area contributed by atoms with Gasteiger partial charge in [0.25, 0.3) is 0 Å². The van der Waals surface area contributed by atoms with Crippen LogP contribution in [-0.4, -0.2) is 10.8 Å². The zero-order valence-corrected chi connectivity index (χ0v) is 10.0. The number of carbonyl (C=O) groups excluding carboxylic acids is 1. The van der Waals surface area contributed by atoms with E-state index in [1.165, 1.54) is 0 Å². The van der Waals surface area contributed by atoms with Crippen LogP contribution < -0.4 is 0 Å². The minimum Gasteiger partial charge on any atom is -0.294 e. The van der Waals surface area contributed by atoms with E-state index in [0.717, 1.165) is 17.7 Å². The van der Waals surface area contributed by atoms with Crippen LogP contribution >= 0.6 is 0 Å². The number of aryl methyl sites for hydroxylation is 1. The molecule has 0 spiro atoms. The van der Waals surface area contributed by atoms with Crippen LogP contribution in [0, 0.1) is 12.3 Å². The summed E-state index contributed by atoms with van der Waals surface area (Å²) in [5, 5.41) is 0. The van der Waals surface area contributed by atoms with E-state index in [-0.39, 0.29) is 11.2 Å². The number of nitrogens with zero attached hydrogens (tertiary/aromatic N) is 1. The monoisotopic (exact) mass is 205 g/mol. The van der Waals surface area contributed by atoms with Crippen LogP contribution in [0.5, 0.6) is 0 Å². The van der Waals surface area contributed by atoms with Gasteiger partial charge in [0.1, 0.15) is 0 Å². The van der Waals surface area contributed by atoms with E-state index in [9.17, 15) is 4.79 Å². The largest absolute Gasteiger partial charge is 0.294 e. The molecule has 82 valence electrons. The molecule has 0 aromatic carbocycles. The van der Waals surface area contributed by atoms with Crippen molar-refractivity contribution in [3.63, 3.8) is 0 Å². The zero-order chi connectivity index (χ0) is 11.5. The second kappa shape index (κ2) is 4.56. The molecular weight excluding hydrogens is 186 g/mol. The first-order valence-corrected chi connectivity index (χ1v) is 5.34. The summed E-state index contributed by atoms with van der Waals surface area (Å²) in [6, 6.07) is 3.73. The van der Waals surface area contributed by atoms with Gasteiger partial charge in [0.2, 0.25) is 0 Å². The van der Waals surface area contributed by atoms with Gasteiger partial charge in [-0.3, -0.25) is 9.78 Å². The Hall–Kier alpha value is -1.18. The first-order chi connectivity index (χ1) is 6.88. The Balaban J connectivity index is 2.58. The van der Waals surface area contributed by atoms with Crippen molar-refractivity contribution in [2.75, 3.05) is 0 Å². The fourth-order valence-corrected chi connectivity index (χ4v) is 1.27. The highest BCUT2D eigenvalue weighted by Gasteiger charge is 2.14. The predicted molar refractivity (Wildman–Crippen MR) is 62.0 cm³/mol. The average molecular weight is 205 g/mol. The minimum absolute atomic E-state index is 0.192. The maximum Gasteiger partial charge on any atom is 0.164 e. The molecule has 15 heavy (non-hydrogen) atoms. The number of carbonyl (C=O) groups is 1. The predicted octanol–water partition coefficient (Wildman–Crippen LogP) is 3.40. The number of aromatic nitrogens is 1. The van der Waals surface area contributed by atoms with E-state index in [0.29, 0.717) is 6.42 Å². The fraction of sp³-hybridized carbons (Fsp3) is 0.538. The van der Waals surface area contributed by atoms with Crippen molar-refractivity contribution in [2.24, 2.45) is 5.41 Å². The van der Waals surface area contributed by atoms with E-state index >= 15 is 0 Å². The van der Waals surface area contributed by atoms with Crippen LogP contribution in [0.3, 0.4) is 0 Å². The van der Waals surface area contributed by atoms with E-state index in [1.807, 2.05) is 19.1 Å². The fourth-order valence-electron chi connectivity index (χ4n) is 1.27. The highest BCUT2D eigenvalue weighted by Crippen LogP contribution is 2.21. The smallest absolute Gasteiger partial charge is 0.164 e. The third-order valence-corrected chi connectivity index (χ3v) is 2.34. The van der Waals surface area contributed by atoms with Gasteiger partial charge in [-0.2, -0.15) is 0 Å². The summed E-state index contributed by atoms with van der Waals surface area (Å²) in [4.78, 5) is 15.9. The molecule has 0 aliphatic rings. The highest BCUT2D eigenvalue weighted by molar-refractivity contribution is 5.95. The van der Waals surface area contributed by atoms with Crippen LogP contribution in [0.25, 0.3) is 0 Å². The van der Waals surface area contributed by atoms with Gasteiger partial charge >= 0.3 is 0 Å². The third kappa shape index (κ3) is 4.24. The molecule has 0 amide bonds. The number of hydrogen-bond donors (Lipinski definition) is 0. The topological polar surface area (TPSA) is 30.0 Å². The van der Waals surface area contributed by atoms with Gasteiger partial charge in [-0.1, -0.05) is 20.8 Å². The lowest BCUT2D eigenvalue weighted by molar-refractivity contribution is 0.0965. The molecule has 0 unspecified atom stereocenters. The molecule has 0 radical (unpaired) electrons. The molecule has 1 aromatic heterocycles. The van der Waals surface area contributed by atoms with E-state index in [2.05, 4.69) is 25.8 Å². The molecule has 1 aromatic rings. The highest BCUT2D eigenvalue weighted by atomic mass is 16.1. The third-order valence-electron chi connectivity index (χ3n) is 2.34. The summed E-state index contributed by atoms with van der Waals surface area (Å²) in [5.74, 6) is 0.192. The molecule has 0 saturated heterocycles. The lowest BCUT2D eigenvalue weighted by atomic mass is 9.89. The van der Waals surface area contributed by atoms with Crippen molar-refractivity contribution < 1.29 is 4.79 Å². The van der Waals surface area contributed by atoms with Crippen molar-refractivity contribution in [3.05, 3.63) is 29.6 Å². The summed E-state index contributed by atoms with van der Waals surface area (Å²) in [6.07, 6.45) is 3.19. The Kier molecular flexibility index (Phi) is 3.61. The van der Waals surface area contributed by atoms with Gasteiger partial charge in [-0.05, 0) is 30.9 Å². The Morgan fingerprint density at radius 3 is 2.47 bits per heavy atom. The molecule has 2 heteroatoms. The Morgan fingerprint density at radius 1 is 1.33 bits per heavy atom. The van der Waals surface area contributed by atoms with Crippen molar-refractivity contribution in [1.82, 2.24) is 4.98 Å². The molecule has 0 saturated carbocycles. The van der Waals surface area contributed by atoms with Gasteiger partial charge in [0.05, 0.1) is 0 Å². The van der Waals surface area contributed by atoms with Gasteiger partial charge in [-0.25, -0.2) is 0 Å². The lowest BCUT2D eigenvalue weighted by Crippen LogP contribution is -2.09. The molecular formula is C13H19NO. The summed E-state index contributed by atoms with van der Waals surface area (Å²) < 4.78 is 0. The quantitative estimate of drug-likeness (QED) is 0.708. The SMILES string of the molecule is Cc1ccc(C(=O)CCC(C)(C)C)cn1. The molecule has 0 atom stereocenters. The Labute approximate surface area is 91.7 Å². The number of rotatable bonds is 3. The molecule has 1 heterocycles. The van der Waals surface area contributed by atoms with Gasteiger partial charge < -0.3 is 0 Å². The standard InChI is InChI=1S/C13H19NO/c1-10-5-6-11(9-14-10)12(15)7-8-13(2,3)4/h5-6,9H,7-8H2,1-4H3. The molecule has 0 aliphatic carbocycles. The van der Waals surface area contributed by atoms with Gasteiger partial charge in [-0.15, -0.1) is 0 Å². The summed E-state index contributed by atoms with van der Waals surface area (Å²) in [5.41, 5.74) is 1.89. The Morgan fingerprint density at radius 2 is 2.00 bits per heavy atom. The molecule has 0 fully saturated rings. The molecule has 1 rings (SSSR count). The van der Waals surface area contributed by atoms with Gasteiger partial charge in [0.15, 0.2) is 5.78 Å². The Bertz CT molecular complexity index is 333. The first kappa shape index (κ1) is 11.9. The van der Waals surface area contributed by atoms with Crippen LogP contribution in [0.2, 0.25) is 0 Å². The number of ketones is 1. The van der Waals surface area contributed by atoms with Crippen LogP contribution in [0.1, 0.15) is 49.7 Å². The molecule has 0 bridgehead atoms. The van der Waals surface area contributed by atoms with Crippen LogP contribution in [-0.2, 0) is 0 Å². The zero-order valence-electron chi connectivity index (χ0n) is 10.0. The van der Waals surface area contributed by atoms with Crippen LogP contribution in [0.4, 0.5) is 0 Å². The summed E-state index contributed by atoms with van der Waals surface area (Å²) in [6.45, 7) is 8.36. The van der Waals surface area contributed by atoms with Crippen molar-refractivity contribution in [2.45, 2.75) is 40.5 Å². The van der Waals surface area contributed by atoms with Crippen molar-refractivity contribution in [3.8, 4) is 0 Å². The number of hydrogen-bond acceptors (Lipinski definition) is 2. The van der Waals surface area contributed by atoms with E-state index in [1.54, 1.807) is 6.20 Å². The minimum atomic E-state index is 0.192. The maximum atomic E-state index is 11.8. The lowest BCUT2D eigenvalue weighted by Gasteiger charge is -2.16. The van der Waals surface area contributed by atoms with E-state index in [4.69, 9.17) is 0 Å².